The maximum atomic E-state index is 9.04. The van der Waals surface area contributed by atoms with Gasteiger partial charge in [-0.25, -0.2) is 0 Å². The van der Waals surface area contributed by atoms with Crippen molar-refractivity contribution in [1.82, 2.24) is 4.90 Å². The molecule has 1 aromatic rings. The predicted octanol–water partition coefficient (Wildman–Crippen LogP) is 1.88. The standard InChI is InChI=1S/C15H24N2O/c1-17-9-2-3-12(8-10-17)13-4-6-14(7-5-13)15(16)11-18/h4-7,12,15,18H,2-3,8-11,16H2,1H3. The van der Waals surface area contributed by atoms with Crippen LogP contribution in [0.5, 0.6) is 0 Å². The van der Waals surface area contributed by atoms with Crippen molar-refractivity contribution in [3.8, 4) is 0 Å². The minimum absolute atomic E-state index is 0.00751. The summed E-state index contributed by atoms with van der Waals surface area (Å²) >= 11 is 0. The molecule has 3 N–H and O–H groups in total. The first-order chi connectivity index (χ1) is 8.70. The summed E-state index contributed by atoms with van der Waals surface area (Å²) in [5.41, 5.74) is 8.25. The second-order valence-corrected chi connectivity index (χ2v) is 5.39. The molecular weight excluding hydrogens is 224 g/mol. The minimum atomic E-state index is -0.251. The van der Waals surface area contributed by atoms with E-state index >= 15 is 0 Å². The monoisotopic (exact) mass is 248 g/mol. The molecule has 1 aromatic carbocycles. The van der Waals surface area contributed by atoms with Crippen LogP contribution in [0.15, 0.2) is 24.3 Å². The van der Waals surface area contributed by atoms with Crippen molar-refractivity contribution in [2.24, 2.45) is 5.73 Å². The average Bonchev–Trinajstić information content (AvgIpc) is 2.63. The van der Waals surface area contributed by atoms with E-state index in [4.69, 9.17) is 10.8 Å². The van der Waals surface area contributed by atoms with Gasteiger partial charge in [-0.05, 0) is 56.4 Å². The molecule has 18 heavy (non-hydrogen) atoms. The number of hydrogen-bond donors (Lipinski definition) is 2. The Kier molecular flexibility index (Phi) is 4.75. The maximum absolute atomic E-state index is 9.04. The van der Waals surface area contributed by atoms with E-state index < -0.39 is 0 Å². The Morgan fingerprint density at radius 3 is 2.67 bits per heavy atom. The van der Waals surface area contributed by atoms with Gasteiger partial charge in [0.2, 0.25) is 0 Å². The van der Waals surface area contributed by atoms with Crippen molar-refractivity contribution in [2.75, 3.05) is 26.7 Å². The largest absolute Gasteiger partial charge is 0.394 e. The molecule has 1 saturated heterocycles. The van der Waals surface area contributed by atoms with Gasteiger partial charge in [-0.1, -0.05) is 24.3 Å². The average molecular weight is 248 g/mol. The number of aliphatic hydroxyl groups is 1. The molecule has 2 rings (SSSR count). The van der Waals surface area contributed by atoms with Crippen molar-refractivity contribution in [1.29, 1.82) is 0 Å². The van der Waals surface area contributed by atoms with Gasteiger partial charge in [-0.3, -0.25) is 0 Å². The van der Waals surface area contributed by atoms with Gasteiger partial charge in [0.1, 0.15) is 0 Å². The fourth-order valence-electron chi connectivity index (χ4n) is 2.69. The fourth-order valence-corrected chi connectivity index (χ4v) is 2.69. The number of nitrogens with two attached hydrogens (primary N) is 1. The molecule has 0 bridgehead atoms. The van der Waals surface area contributed by atoms with Crippen molar-refractivity contribution in [2.45, 2.75) is 31.2 Å². The third kappa shape index (κ3) is 3.31. The second-order valence-electron chi connectivity index (χ2n) is 5.39. The van der Waals surface area contributed by atoms with Crippen LogP contribution in [0.4, 0.5) is 0 Å². The molecule has 1 heterocycles. The first-order valence-corrected chi connectivity index (χ1v) is 6.85. The van der Waals surface area contributed by atoms with Gasteiger partial charge < -0.3 is 15.7 Å². The summed E-state index contributed by atoms with van der Waals surface area (Å²) in [6, 6.07) is 8.23. The number of nitrogens with zero attached hydrogens (tertiary/aromatic N) is 1. The molecule has 0 amide bonds. The topological polar surface area (TPSA) is 49.5 Å². The van der Waals surface area contributed by atoms with E-state index in [9.17, 15) is 0 Å². The van der Waals surface area contributed by atoms with E-state index in [1.54, 1.807) is 0 Å². The predicted molar refractivity (Wildman–Crippen MR) is 74.5 cm³/mol. The highest BCUT2D eigenvalue weighted by atomic mass is 16.3. The Balaban J connectivity index is 2.04. The van der Waals surface area contributed by atoms with Crippen molar-refractivity contribution in [3.63, 3.8) is 0 Å². The van der Waals surface area contributed by atoms with E-state index in [0.717, 1.165) is 5.56 Å². The lowest BCUT2D eigenvalue weighted by Gasteiger charge is -2.16. The molecule has 3 nitrogen and oxygen atoms in total. The minimum Gasteiger partial charge on any atom is -0.394 e. The number of aliphatic hydroxyl groups excluding tert-OH is 1. The number of hydrogen-bond acceptors (Lipinski definition) is 3. The summed E-state index contributed by atoms with van der Waals surface area (Å²) in [6.07, 6.45) is 3.79. The van der Waals surface area contributed by atoms with Crippen molar-refractivity contribution in [3.05, 3.63) is 35.4 Å². The lowest BCUT2D eigenvalue weighted by molar-refractivity contribution is 0.268. The second kappa shape index (κ2) is 6.32. The third-order valence-corrected chi connectivity index (χ3v) is 3.98. The molecule has 1 aliphatic rings. The SMILES string of the molecule is CN1CCCC(c2ccc(C(N)CO)cc2)CC1. The summed E-state index contributed by atoms with van der Waals surface area (Å²) in [5, 5.41) is 9.04. The Bertz CT molecular complexity index is 363. The van der Waals surface area contributed by atoms with E-state index in [1.165, 1.54) is 37.9 Å². The highest BCUT2D eigenvalue weighted by Crippen LogP contribution is 2.28. The zero-order chi connectivity index (χ0) is 13.0. The molecule has 3 heteroatoms. The van der Waals surface area contributed by atoms with Crippen LogP contribution < -0.4 is 5.73 Å². The third-order valence-electron chi connectivity index (χ3n) is 3.98. The summed E-state index contributed by atoms with van der Waals surface area (Å²) in [7, 11) is 2.20. The first-order valence-electron chi connectivity index (χ1n) is 6.85. The smallest absolute Gasteiger partial charge is 0.0624 e. The van der Waals surface area contributed by atoms with Crippen LogP contribution in [0, 0.1) is 0 Å². The van der Waals surface area contributed by atoms with Crippen LogP contribution in [-0.4, -0.2) is 36.8 Å². The van der Waals surface area contributed by atoms with E-state index in [-0.39, 0.29) is 12.6 Å². The van der Waals surface area contributed by atoms with E-state index in [2.05, 4.69) is 36.2 Å². The van der Waals surface area contributed by atoms with Crippen LogP contribution in [0.25, 0.3) is 0 Å². The van der Waals surface area contributed by atoms with Gasteiger partial charge in [-0.15, -0.1) is 0 Å². The van der Waals surface area contributed by atoms with Gasteiger partial charge in [0.15, 0.2) is 0 Å². The molecule has 1 fully saturated rings. The lowest BCUT2D eigenvalue weighted by atomic mass is 9.91. The Hall–Kier alpha value is -0.900. The van der Waals surface area contributed by atoms with Crippen molar-refractivity contribution < 1.29 is 5.11 Å². The van der Waals surface area contributed by atoms with Gasteiger partial charge in [0, 0.05) is 0 Å². The zero-order valence-corrected chi connectivity index (χ0v) is 11.2. The number of likely N-dealkylation sites (tertiary alicyclic amines) is 1. The Labute approximate surface area is 110 Å². The molecule has 0 aromatic heterocycles. The van der Waals surface area contributed by atoms with Crippen LogP contribution in [0.2, 0.25) is 0 Å². The Morgan fingerprint density at radius 1 is 1.28 bits per heavy atom. The highest BCUT2D eigenvalue weighted by Gasteiger charge is 2.16. The molecule has 0 saturated carbocycles. The first kappa shape index (κ1) is 13.5. The van der Waals surface area contributed by atoms with Crippen LogP contribution >= 0.6 is 0 Å². The van der Waals surface area contributed by atoms with E-state index in [0.29, 0.717) is 5.92 Å². The maximum Gasteiger partial charge on any atom is 0.0624 e. The van der Waals surface area contributed by atoms with Crippen LogP contribution in [0.3, 0.4) is 0 Å². The van der Waals surface area contributed by atoms with Gasteiger partial charge in [0.05, 0.1) is 12.6 Å². The highest BCUT2D eigenvalue weighted by molar-refractivity contribution is 5.27. The lowest BCUT2D eigenvalue weighted by Crippen LogP contribution is -2.18. The number of benzene rings is 1. The Morgan fingerprint density at radius 2 is 2.00 bits per heavy atom. The van der Waals surface area contributed by atoms with E-state index in [1.807, 2.05) is 0 Å². The van der Waals surface area contributed by atoms with Crippen LogP contribution in [0.1, 0.15) is 42.3 Å². The quantitative estimate of drug-likeness (QED) is 0.858. The molecule has 0 spiro atoms. The van der Waals surface area contributed by atoms with Gasteiger partial charge >= 0.3 is 0 Å². The molecule has 2 unspecified atom stereocenters. The molecule has 0 aliphatic carbocycles. The summed E-state index contributed by atoms with van der Waals surface area (Å²) in [4.78, 5) is 2.41. The fraction of sp³-hybridized carbons (Fsp3) is 0.600. The summed E-state index contributed by atoms with van der Waals surface area (Å²) in [6.45, 7) is 2.40. The molecular formula is C15H24N2O. The van der Waals surface area contributed by atoms with Gasteiger partial charge in [0.25, 0.3) is 0 Å². The molecule has 0 radical (unpaired) electrons. The zero-order valence-electron chi connectivity index (χ0n) is 11.2. The number of rotatable bonds is 3. The summed E-state index contributed by atoms with van der Waals surface area (Å²) < 4.78 is 0. The normalized spacial score (nSPS) is 23.6. The molecule has 1 aliphatic heterocycles. The summed E-state index contributed by atoms with van der Waals surface area (Å²) in [5.74, 6) is 0.675. The van der Waals surface area contributed by atoms with Gasteiger partial charge in [-0.2, -0.15) is 0 Å². The van der Waals surface area contributed by atoms with Crippen molar-refractivity contribution >= 4 is 0 Å². The van der Waals surface area contributed by atoms with Crippen LogP contribution in [-0.2, 0) is 0 Å². The molecule has 100 valence electrons. The molecule has 2 atom stereocenters.